The van der Waals surface area contributed by atoms with Gasteiger partial charge in [0.1, 0.15) is 10.6 Å². The van der Waals surface area contributed by atoms with Crippen molar-refractivity contribution in [3.8, 4) is 5.75 Å². The third-order valence-electron chi connectivity index (χ3n) is 3.80. The molecule has 7 heteroatoms. The predicted octanol–water partition coefficient (Wildman–Crippen LogP) is 0.717. The van der Waals surface area contributed by atoms with Crippen LogP contribution in [0.5, 0.6) is 5.75 Å². The van der Waals surface area contributed by atoms with Gasteiger partial charge in [-0.05, 0) is 18.1 Å². The monoisotopic (exact) mass is 297 g/mol. The molecule has 2 heterocycles. The van der Waals surface area contributed by atoms with E-state index < -0.39 is 21.9 Å². The van der Waals surface area contributed by atoms with E-state index in [0.29, 0.717) is 25.2 Å². The van der Waals surface area contributed by atoms with Gasteiger partial charge in [0.05, 0.1) is 12.5 Å². The van der Waals surface area contributed by atoms with Gasteiger partial charge in [0.2, 0.25) is 10.0 Å². The van der Waals surface area contributed by atoms with Crippen molar-refractivity contribution in [1.82, 2.24) is 4.31 Å². The lowest BCUT2D eigenvalue weighted by molar-refractivity contribution is -0.141. The van der Waals surface area contributed by atoms with Gasteiger partial charge in [-0.3, -0.25) is 4.79 Å². The topological polar surface area (TPSA) is 83.9 Å². The number of carboxylic acid groups (broad SMARTS) is 1. The average Bonchev–Trinajstić information content (AvgIpc) is 3.07. The van der Waals surface area contributed by atoms with Crippen LogP contribution in [0, 0.1) is 5.92 Å². The van der Waals surface area contributed by atoms with Crippen LogP contribution in [-0.4, -0.2) is 43.5 Å². The standard InChI is InChI=1S/C13H15NO5S/c15-13(16)10-4-6-14(8-10)20(17,18)11-3-1-2-9-5-7-19-12(9)11/h1-3,10H,4-8H2,(H,15,16). The number of ether oxygens (including phenoxy) is 1. The van der Waals surface area contributed by atoms with Crippen LogP contribution in [0.4, 0.5) is 0 Å². The first-order valence-electron chi connectivity index (χ1n) is 6.48. The van der Waals surface area contributed by atoms with Crippen LogP contribution in [0.3, 0.4) is 0 Å². The molecule has 1 N–H and O–H groups in total. The van der Waals surface area contributed by atoms with E-state index >= 15 is 0 Å². The van der Waals surface area contributed by atoms with Gasteiger partial charge in [-0.25, -0.2) is 8.42 Å². The van der Waals surface area contributed by atoms with E-state index in [1.807, 2.05) is 6.07 Å². The van der Waals surface area contributed by atoms with Crippen molar-refractivity contribution >= 4 is 16.0 Å². The fourth-order valence-corrected chi connectivity index (χ4v) is 4.35. The maximum atomic E-state index is 12.6. The van der Waals surface area contributed by atoms with Crippen LogP contribution in [0.2, 0.25) is 0 Å². The molecule has 6 nitrogen and oxygen atoms in total. The van der Waals surface area contributed by atoms with Crippen LogP contribution < -0.4 is 4.74 Å². The molecule has 2 aliphatic rings. The van der Waals surface area contributed by atoms with Gasteiger partial charge in [0, 0.05) is 19.5 Å². The van der Waals surface area contributed by atoms with Gasteiger partial charge in [0.25, 0.3) is 0 Å². The van der Waals surface area contributed by atoms with E-state index in [1.54, 1.807) is 6.07 Å². The van der Waals surface area contributed by atoms with Crippen LogP contribution in [-0.2, 0) is 21.2 Å². The first-order chi connectivity index (χ1) is 9.50. The Labute approximate surface area is 117 Å². The van der Waals surface area contributed by atoms with Gasteiger partial charge in [-0.1, -0.05) is 12.1 Å². The van der Waals surface area contributed by atoms with E-state index in [9.17, 15) is 13.2 Å². The SMILES string of the molecule is O=C(O)C1CCN(S(=O)(=O)c2cccc3c2OCC3)C1. The molecule has 108 valence electrons. The minimum atomic E-state index is -3.69. The van der Waals surface area contributed by atoms with Gasteiger partial charge in [-0.15, -0.1) is 0 Å². The number of hydrogen-bond acceptors (Lipinski definition) is 4. The van der Waals surface area contributed by atoms with Crippen LogP contribution in [0.15, 0.2) is 23.1 Å². The summed E-state index contributed by atoms with van der Waals surface area (Å²) in [4.78, 5) is 11.1. The van der Waals surface area contributed by atoms with E-state index in [2.05, 4.69) is 0 Å². The number of carboxylic acids is 1. The number of sulfonamides is 1. The summed E-state index contributed by atoms with van der Waals surface area (Å²) in [6.07, 6.45) is 1.06. The van der Waals surface area contributed by atoms with Gasteiger partial charge < -0.3 is 9.84 Å². The lowest BCUT2D eigenvalue weighted by atomic mass is 10.1. The summed E-state index contributed by atoms with van der Waals surface area (Å²) in [6.45, 7) is 0.754. The second-order valence-corrected chi connectivity index (χ2v) is 6.94. The van der Waals surface area contributed by atoms with Crippen molar-refractivity contribution in [3.05, 3.63) is 23.8 Å². The summed E-state index contributed by atoms with van der Waals surface area (Å²) in [5, 5.41) is 8.98. The normalized spacial score (nSPS) is 22.5. The number of hydrogen-bond donors (Lipinski definition) is 1. The van der Waals surface area contributed by atoms with Crippen molar-refractivity contribution in [2.75, 3.05) is 19.7 Å². The highest BCUT2D eigenvalue weighted by atomic mass is 32.2. The van der Waals surface area contributed by atoms with E-state index in [-0.39, 0.29) is 18.0 Å². The zero-order chi connectivity index (χ0) is 14.3. The number of fused-ring (bicyclic) bond motifs is 1. The zero-order valence-electron chi connectivity index (χ0n) is 10.8. The molecule has 1 saturated heterocycles. The maximum Gasteiger partial charge on any atom is 0.307 e. The Balaban J connectivity index is 1.94. The van der Waals surface area contributed by atoms with Gasteiger partial charge in [0.15, 0.2) is 0 Å². The van der Waals surface area contributed by atoms with Crippen molar-refractivity contribution in [1.29, 1.82) is 0 Å². The van der Waals surface area contributed by atoms with E-state index in [4.69, 9.17) is 9.84 Å². The molecule has 0 aliphatic carbocycles. The number of aliphatic carboxylic acids is 1. The van der Waals surface area contributed by atoms with E-state index in [1.165, 1.54) is 10.4 Å². The third kappa shape index (κ3) is 2.06. The lowest BCUT2D eigenvalue weighted by Gasteiger charge is -2.17. The molecule has 1 atom stereocenters. The largest absolute Gasteiger partial charge is 0.492 e. The molecule has 0 spiro atoms. The second kappa shape index (κ2) is 4.75. The highest BCUT2D eigenvalue weighted by Crippen LogP contribution is 2.35. The van der Waals surface area contributed by atoms with Crippen molar-refractivity contribution in [2.24, 2.45) is 5.92 Å². The van der Waals surface area contributed by atoms with Crippen LogP contribution >= 0.6 is 0 Å². The molecule has 1 aromatic carbocycles. The highest BCUT2D eigenvalue weighted by molar-refractivity contribution is 7.89. The van der Waals surface area contributed by atoms with Crippen LogP contribution in [0.1, 0.15) is 12.0 Å². The minimum Gasteiger partial charge on any atom is -0.492 e. The number of carbonyl (C=O) groups is 1. The first kappa shape index (κ1) is 13.4. The molecule has 1 aromatic rings. The Bertz CT molecular complexity index is 655. The molecule has 20 heavy (non-hydrogen) atoms. The quantitative estimate of drug-likeness (QED) is 0.888. The lowest BCUT2D eigenvalue weighted by Crippen LogP contribution is -2.30. The molecular formula is C13H15NO5S. The molecular weight excluding hydrogens is 282 g/mol. The molecule has 0 amide bonds. The first-order valence-corrected chi connectivity index (χ1v) is 7.92. The Morgan fingerprint density at radius 2 is 2.20 bits per heavy atom. The van der Waals surface area contributed by atoms with Crippen LogP contribution in [0.25, 0.3) is 0 Å². The molecule has 3 rings (SSSR count). The predicted molar refractivity (Wildman–Crippen MR) is 70.1 cm³/mol. The van der Waals surface area contributed by atoms with Crippen molar-refractivity contribution in [3.63, 3.8) is 0 Å². The Kier molecular flexibility index (Phi) is 3.18. The molecule has 2 aliphatic heterocycles. The summed E-state index contributed by atoms with van der Waals surface area (Å²) in [6, 6.07) is 5.07. The van der Waals surface area contributed by atoms with E-state index in [0.717, 1.165) is 5.56 Å². The molecule has 0 aromatic heterocycles. The van der Waals surface area contributed by atoms with Crippen molar-refractivity contribution in [2.45, 2.75) is 17.7 Å². The Morgan fingerprint density at radius 3 is 2.90 bits per heavy atom. The third-order valence-corrected chi connectivity index (χ3v) is 5.69. The molecule has 0 bridgehead atoms. The summed E-state index contributed by atoms with van der Waals surface area (Å²) in [5.74, 6) is -1.15. The Hall–Kier alpha value is -1.60. The number of benzene rings is 1. The maximum absolute atomic E-state index is 12.6. The summed E-state index contributed by atoms with van der Waals surface area (Å²) >= 11 is 0. The number of rotatable bonds is 3. The summed E-state index contributed by atoms with van der Waals surface area (Å²) < 4.78 is 31.9. The molecule has 1 unspecified atom stereocenters. The smallest absolute Gasteiger partial charge is 0.307 e. The number of nitrogens with zero attached hydrogens (tertiary/aromatic N) is 1. The van der Waals surface area contributed by atoms with Gasteiger partial charge >= 0.3 is 5.97 Å². The highest BCUT2D eigenvalue weighted by Gasteiger charge is 2.38. The van der Waals surface area contributed by atoms with Gasteiger partial charge in [-0.2, -0.15) is 4.31 Å². The van der Waals surface area contributed by atoms with Crippen molar-refractivity contribution < 1.29 is 23.1 Å². The zero-order valence-corrected chi connectivity index (χ0v) is 11.6. The molecule has 0 saturated carbocycles. The molecule has 0 radical (unpaired) electrons. The minimum absolute atomic E-state index is 0.0291. The summed E-state index contributed by atoms with van der Waals surface area (Å²) in [5.41, 5.74) is 0.889. The average molecular weight is 297 g/mol. The molecule has 1 fully saturated rings. The second-order valence-electron chi connectivity index (χ2n) is 5.03. The Morgan fingerprint density at radius 1 is 1.40 bits per heavy atom. The number of para-hydroxylation sites is 1. The fraction of sp³-hybridized carbons (Fsp3) is 0.462. The fourth-order valence-electron chi connectivity index (χ4n) is 2.68. The summed E-state index contributed by atoms with van der Waals surface area (Å²) in [7, 11) is -3.69.